The molecule has 294 valence electrons. The molecule has 10 aromatic rings. The molecule has 4 nitrogen and oxygen atoms in total. The third kappa shape index (κ3) is 5.96. The fourth-order valence-electron chi connectivity index (χ4n) is 9.72. The number of pyridine rings is 2. The number of nitrogens with zero attached hydrogens (tertiary/aromatic N) is 4. The molecule has 0 amide bonds. The molecule has 0 saturated heterocycles. The van der Waals surface area contributed by atoms with Crippen LogP contribution < -0.4 is 0 Å². The first-order valence-electron chi connectivity index (χ1n) is 21.1. The van der Waals surface area contributed by atoms with Gasteiger partial charge in [-0.05, 0) is 95.5 Å². The monoisotopic (exact) mass is 778 g/mol. The average molecular weight is 779 g/mol. The summed E-state index contributed by atoms with van der Waals surface area (Å²) in [7, 11) is 0. The van der Waals surface area contributed by atoms with Crippen molar-refractivity contribution in [3.05, 3.63) is 173 Å². The van der Waals surface area contributed by atoms with Crippen molar-refractivity contribution in [3.8, 4) is 11.4 Å². The fourth-order valence-corrected chi connectivity index (χ4v) is 9.72. The van der Waals surface area contributed by atoms with E-state index in [9.17, 15) is 0 Å². The van der Waals surface area contributed by atoms with Gasteiger partial charge in [0.2, 0.25) is 0 Å². The number of para-hydroxylation sites is 4. The third-order valence-electron chi connectivity index (χ3n) is 12.1. The zero-order valence-electron chi connectivity index (χ0n) is 35.8. The Morgan fingerprint density at radius 1 is 0.450 bits per heavy atom. The van der Waals surface area contributed by atoms with Crippen molar-refractivity contribution < 1.29 is 0 Å². The van der Waals surface area contributed by atoms with E-state index in [1.54, 1.807) is 0 Å². The Kier molecular flexibility index (Phi) is 8.69. The molecule has 0 N–H and O–H groups in total. The summed E-state index contributed by atoms with van der Waals surface area (Å²) in [4.78, 5) is 10.3. The van der Waals surface area contributed by atoms with E-state index in [0.717, 1.165) is 50.0 Å². The highest BCUT2D eigenvalue weighted by Crippen LogP contribution is 2.44. The number of aryl methyl sites for hydroxylation is 1. The standard InChI is InChI=1S/C56H50N4/c1-9-18-37-31-50(60-47-25-16-12-21-41(47)42-22-13-17-26-48(42)60)38(32-49(37)59-45-23-14-10-19-39(45)40-20-11-15-24-46(40)59)28-27-36-30-44-52(56(6,7)8)51(55(3,4)5)43-29-35(2)33-57-53(43)54(44)58-34-36/h9-34H,1-8H3/b18-9+,28-27+. The minimum atomic E-state index is -0.133. The van der Waals surface area contributed by atoms with Gasteiger partial charge in [-0.25, -0.2) is 0 Å². The van der Waals surface area contributed by atoms with Gasteiger partial charge in [0.15, 0.2) is 0 Å². The van der Waals surface area contributed by atoms with Crippen LogP contribution in [0.25, 0.3) is 95.0 Å². The van der Waals surface area contributed by atoms with Gasteiger partial charge in [0.25, 0.3) is 0 Å². The van der Waals surface area contributed by atoms with Gasteiger partial charge in [0, 0.05) is 55.8 Å². The van der Waals surface area contributed by atoms with E-state index in [0.29, 0.717) is 0 Å². The van der Waals surface area contributed by atoms with E-state index < -0.39 is 0 Å². The van der Waals surface area contributed by atoms with E-state index in [1.165, 1.54) is 60.1 Å². The molecule has 6 aromatic carbocycles. The molecule has 0 atom stereocenters. The molecule has 0 unspecified atom stereocenters. The van der Waals surface area contributed by atoms with E-state index in [4.69, 9.17) is 9.97 Å². The summed E-state index contributed by atoms with van der Waals surface area (Å²) in [5, 5.41) is 7.32. The van der Waals surface area contributed by atoms with E-state index in [2.05, 4.69) is 210 Å². The minimum Gasteiger partial charge on any atom is -0.309 e. The third-order valence-corrected chi connectivity index (χ3v) is 12.1. The molecule has 0 radical (unpaired) electrons. The average Bonchev–Trinajstić information content (AvgIpc) is 3.74. The maximum atomic E-state index is 5.24. The lowest BCUT2D eigenvalue weighted by molar-refractivity contribution is 0.539. The largest absolute Gasteiger partial charge is 0.309 e. The van der Waals surface area contributed by atoms with Gasteiger partial charge in [-0.3, -0.25) is 9.97 Å². The lowest BCUT2D eigenvalue weighted by atomic mass is 9.72. The van der Waals surface area contributed by atoms with Crippen LogP contribution in [-0.4, -0.2) is 19.1 Å². The molecule has 4 aromatic heterocycles. The molecule has 0 aliphatic rings. The van der Waals surface area contributed by atoms with Crippen LogP contribution in [0.4, 0.5) is 0 Å². The molecule has 0 spiro atoms. The predicted octanol–water partition coefficient (Wildman–Crippen LogP) is 15.1. The number of rotatable bonds is 5. The summed E-state index contributed by atoms with van der Waals surface area (Å²) in [5.41, 5.74) is 15.8. The summed E-state index contributed by atoms with van der Waals surface area (Å²) >= 11 is 0. The summed E-state index contributed by atoms with van der Waals surface area (Å²) in [6.45, 7) is 18.2. The maximum Gasteiger partial charge on any atom is 0.0968 e. The Morgan fingerprint density at radius 2 is 0.850 bits per heavy atom. The molecule has 4 heterocycles. The smallest absolute Gasteiger partial charge is 0.0968 e. The van der Waals surface area contributed by atoms with Crippen LogP contribution in [0.1, 0.15) is 81.8 Å². The van der Waals surface area contributed by atoms with Crippen LogP contribution in [0.5, 0.6) is 0 Å². The van der Waals surface area contributed by atoms with Crippen LogP contribution in [0.3, 0.4) is 0 Å². The van der Waals surface area contributed by atoms with E-state index in [1.807, 2.05) is 12.4 Å². The first-order chi connectivity index (χ1) is 28.9. The van der Waals surface area contributed by atoms with Gasteiger partial charge in [0.05, 0.1) is 44.5 Å². The summed E-state index contributed by atoms with van der Waals surface area (Å²) < 4.78 is 4.88. The number of hydrogen-bond donors (Lipinski definition) is 0. The van der Waals surface area contributed by atoms with Crippen LogP contribution in [-0.2, 0) is 10.8 Å². The van der Waals surface area contributed by atoms with Gasteiger partial charge < -0.3 is 9.13 Å². The molecule has 4 heteroatoms. The second kappa shape index (κ2) is 13.9. The van der Waals surface area contributed by atoms with Gasteiger partial charge in [-0.2, -0.15) is 0 Å². The van der Waals surface area contributed by atoms with Crippen LogP contribution >= 0.6 is 0 Å². The molecular formula is C56H50N4. The maximum absolute atomic E-state index is 5.24. The Balaban J connectivity index is 1.28. The van der Waals surface area contributed by atoms with Crippen molar-refractivity contribution in [3.63, 3.8) is 0 Å². The van der Waals surface area contributed by atoms with Crippen molar-refractivity contribution in [1.82, 2.24) is 19.1 Å². The summed E-state index contributed by atoms with van der Waals surface area (Å²) in [6, 6.07) is 44.5. The van der Waals surface area contributed by atoms with Gasteiger partial charge in [0.1, 0.15) is 0 Å². The molecule has 60 heavy (non-hydrogen) atoms. The minimum absolute atomic E-state index is 0.106. The van der Waals surface area contributed by atoms with Crippen molar-refractivity contribution in [2.24, 2.45) is 0 Å². The zero-order chi connectivity index (χ0) is 41.5. The van der Waals surface area contributed by atoms with Gasteiger partial charge in [-0.15, -0.1) is 0 Å². The number of fused-ring (bicyclic) bond motifs is 9. The Bertz CT molecular complexity index is 3300. The topological polar surface area (TPSA) is 35.6 Å². The van der Waals surface area contributed by atoms with Crippen molar-refractivity contribution in [2.75, 3.05) is 0 Å². The Labute approximate surface area is 352 Å². The van der Waals surface area contributed by atoms with Crippen molar-refractivity contribution in [1.29, 1.82) is 0 Å². The quantitative estimate of drug-likeness (QED) is 0.163. The first kappa shape index (κ1) is 37.5. The van der Waals surface area contributed by atoms with Crippen molar-refractivity contribution >= 4 is 83.6 Å². The lowest BCUT2D eigenvalue weighted by Gasteiger charge is -2.33. The molecule has 0 saturated carbocycles. The number of benzene rings is 6. The van der Waals surface area contributed by atoms with E-state index >= 15 is 0 Å². The van der Waals surface area contributed by atoms with Crippen molar-refractivity contribution in [2.45, 2.75) is 66.2 Å². The Morgan fingerprint density at radius 3 is 1.28 bits per heavy atom. The highest BCUT2D eigenvalue weighted by atomic mass is 15.0. The fraction of sp³-hybridized carbons (Fsp3) is 0.179. The summed E-state index contributed by atoms with van der Waals surface area (Å²) in [6.07, 6.45) is 12.9. The SMILES string of the molecule is C/C=C/c1cc(-n2c3ccccc3c3ccccc32)c(/C=C/c2cnc3c(c2)c(C(C)(C)C)c(C(C)(C)C)c2cc(C)cnc23)cc1-n1c2ccccc2c2ccccc21. The first-order valence-corrected chi connectivity index (χ1v) is 21.1. The predicted molar refractivity (Wildman–Crippen MR) is 258 cm³/mol. The van der Waals surface area contributed by atoms with E-state index in [-0.39, 0.29) is 10.8 Å². The molecular weight excluding hydrogens is 729 g/mol. The van der Waals surface area contributed by atoms with Crippen LogP contribution in [0, 0.1) is 6.92 Å². The van der Waals surface area contributed by atoms with Crippen LogP contribution in [0.15, 0.2) is 140 Å². The van der Waals surface area contributed by atoms with Gasteiger partial charge in [-0.1, -0.05) is 139 Å². The molecule has 0 aliphatic heterocycles. The lowest BCUT2D eigenvalue weighted by Crippen LogP contribution is -2.23. The zero-order valence-corrected chi connectivity index (χ0v) is 35.8. The molecule has 0 aliphatic carbocycles. The number of allylic oxidation sites excluding steroid dienone is 1. The highest BCUT2D eigenvalue weighted by Gasteiger charge is 2.31. The Hall–Kier alpha value is -6.78. The molecule has 10 rings (SSSR count). The number of aromatic nitrogens is 4. The van der Waals surface area contributed by atoms with Crippen LogP contribution in [0.2, 0.25) is 0 Å². The molecule has 0 bridgehead atoms. The second-order valence-electron chi connectivity index (χ2n) is 18.4. The molecule has 0 fully saturated rings. The number of hydrogen-bond acceptors (Lipinski definition) is 2. The highest BCUT2D eigenvalue weighted by molar-refractivity contribution is 6.12. The normalized spacial score (nSPS) is 12.9. The summed E-state index contributed by atoms with van der Waals surface area (Å²) in [5.74, 6) is 0. The van der Waals surface area contributed by atoms with Gasteiger partial charge >= 0.3 is 0 Å². The second-order valence-corrected chi connectivity index (χ2v) is 18.4.